The van der Waals surface area contributed by atoms with Gasteiger partial charge in [0, 0.05) is 32.4 Å². The van der Waals surface area contributed by atoms with E-state index in [-0.39, 0.29) is 9.79 Å². The standard InChI is InChI=1S/C11H16N2O4S2/c1-18(14,15)10-3-2-4-11(9-10)19(16,17)13-7-5-12-6-8-13/h2-4,9,12H,5-8H2,1H3. The Morgan fingerprint density at radius 2 is 1.63 bits per heavy atom. The number of nitrogens with one attached hydrogen (secondary N) is 1. The van der Waals surface area contributed by atoms with Gasteiger partial charge in [-0.3, -0.25) is 0 Å². The molecule has 8 heteroatoms. The SMILES string of the molecule is CS(=O)(=O)c1cccc(S(=O)(=O)N2CCNCC2)c1. The van der Waals surface area contributed by atoms with E-state index in [2.05, 4.69) is 5.32 Å². The summed E-state index contributed by atoms with van der Waals surface area (Å²) in [6, 6.07) is 5.48. The van der Waals surface area contributed by atoms with Crippen LogP contribution in [0.2, 0.25) is 0 Å². The lowest BCUT2D eigenvalue weighted by atomic mass is 10.4. The predicted molar refractivity (Wildman–Crippen MR) is 71.2 cm³/mol. The monoisotopic (exact) mass is 304 g/mol. The van der Waals surface area contributed by atoms with Gasteiger partial charge in [0.1, 0.15) is 0 Å². The smallest absolute Gasteiger partial charge is 0.243 e. The van der Waals surface area contributed by atoms with Crippen LogP contribution in [0.25, 0.3) is 0 Å². The number of hydrogen-bond donors (Lipinski definition) is 1. The fourth-order valence-corrected chi connectivity index (χ4v) is 4.13. The molecule has 0 amide bonds. The molecule has 1 saturated heterocycles. The van der Waals surface area contributed by atoms with E-state index in [0.29, 0.717) is 26.2 Å². The zero-order chi connectivity index (χ0) is 14.1. The minimum absolute atomic E-state index is 0.0173. The second kappa shape index (κ2) is 5.20. The Hall–Kier alpha value is -0.960. The van der Waals surface area contributed by atoms with Crippen LogP contribution < -0.4 is 5.32 Å². The fourth-order valence-electron chi connectivity index (χ4n) is 1.90. The predicted octanol–water partition coefficient (Wildman–Crippen LogP) is -0.316. The van der Waals surface area contributed by atoms with Gasteiger partial charge in [0.05, 0.1) is 9.79 Å². The summed E-state index contributed by atoms with van der Waals surface area (Å²) < 4.78 is 49.0. The summed E-state index contributed by atoms with van der Waals surface area (Å²) in [7, 11) is -7.03. The average Bonchev–Trinajstić information content (AvgIpc) is 2.39. The highest BCUT2D eigenvalue weighted by molar-refractivity contribution is 7.91. The molecule has 0 unspecified atom stereocenters. The molecule has 0 radical (unpaired) electrons. The Morgan fingerprint density at radius 3 is 2.21 bits per heavy atom. The molecule has 1 N–H and O–H groups in total. The number of hydrogen-bond acceptors (Lipinski definition) is 5. The second-order valence-electron chi connectivity index (χ2n) is 4.40. The number of piperazine rings is 1. The van der Waals surface area contributed by atoms with Crippen LogP contribution >= 0.6 is 0 Å². The number of sulfone groups is 1. The Labute approximate surface area is 113 Å². The molecule has 0 aromatic heterocycles. The van der Waals surface area contributed by atoms with E-state index in [1.54, 1.807) is 0 Å². The van der Waals surface area contributed by atoms with Crippen molar-refractivity contribution in [2.24, 2.45) is 0 Å². The minimum atomic E-state index is -3.62. The maximum atomic E-state index is 12.4. The van der Waals surface area contributed by atoms with Crippen molar-refractivity contribution in [1.29, 1.82) is 0 Å². The van der Waals surface area contributed by atoms with Gasteiger partial charge in [-0.1, -0.05) is 6.07 Å². The van der Waals surface area contributed by atoms with E-state index in [4.69, 9.17) is 0 Å². The third kappa shape index (κ3) is 3.14. The highest BCUT2D eigenvalue weighted by Crippen LogP contribution is 2.19. The van der Waals surface area contributed by atoms with Crippen LogP contribution in [0.1, 0.15) is 0 Å². The second-order valence-corrected chi connectivity index (χ2v) is 8.35. The molecule has 1 aliphatic rings. The molecule has 19 heavy (non-hydrogen) atoms. The van der Waals surface area contributed by atoms with Crippen molar-refractivity contribution in [3.05, 3.63) is 24.3 Å². The molecule has 0 saturated carbocycles. The summed E-state index contributed by atoms with van der Waals surface area (Å²) in [5.74, 6) is 0. The van der Waals surface area contributed by atoms with Crippen molar-refractivity contribution in [2.45, 2.75) is 9.79 Å². The number of nitrogens with zero attached hydrogens (tertiary/aromatic N) is 1. The Balaban J connectivity index is 2.41. The first-order valence-corrected chi connectivity index (χ1v) is 9.16. The first-order chi connectivity index (χ1) is 8.82. The van der Waals surface area contributed by atoms with Crippen LogP contribution in [0.4, 0.5) is 0 Å². The third-order valence-corrected chi connectivity index (χ3v) is 5.95. The van der Waals surface area contributed by atoms with Crippen LogP contribution in [0, 0.1) is 0 Å². The first kappa shape index (κ1) is 14.4. The van der Waals surface area contributed by atoms with Gasteiger partial charge in [-0.25, -0.2) is 16.8 Å². The van der Waals surface area contributed by atoms with E-state index in [1.165, 1.54) is 28.6 Å². The van der Waals surface area contributed by atoms with E-state index >= 15 is 0 Å². The third-order valence-electron chi connectivity index (χ3n) is 2.95. The zero-order valence-corrected chi connectivity index (χ0v) is 12.2. The zero-order valence-electron chi connectivity index (χ0n) is 10.5. The highest BCUT2D eigenvalue weighted by atomic mass is 32.2. The molecule has 0 atom stereocenters. The fraction of sp³-hybridized carbons (Fsp3) is 0.455. The quantitative estimate of drug-likeness (QED) is 0.828. The van der Waals surface area contributed by atoms with Gasteiger partial charge in [0.15, 0.2) is 9.84 Å². The van der Waals surface area contributed by atoms with Crippen LogP contribution in [-0.2, 0) is 19.9 Å². The van der Waals surface area contributed by atoms with Crippen molar-refractivity contribution in [3.63, 3.8) is 0 Å². The van der Waals surface area contributed by atoms with Crippen molar-refractivity contribution < 1.29 is 16.8 Å². The van der Waals surface area contributed by atoms with Gasteiger partial charge in [0.25, 0.3) is 0 Å². The van der Waals surface area contributed by atoms with Gasteiger partial charge in [-0.05, 0) is 18.2 Å². The van der Waals surface area contributed by atoms with Crippen molar-refractivity contribution >= 4 is 19.9 Å². The number of sulfonamides is 1. The molecule has 0 bridgehead atoms. The highest BCUT2D eigenvalue weighted by Gasteiger charge is 2.26. The molecule has 1 aromatic rings. The van der Waals surface area contributed by atoms with Crippen molar-refractivity contribution in [3.8, 4) is 0 Å². The van der Waals surface area contributed by atoms with Gasteiger partial charge < -0.3 is 5.32 Å². The van der Waals surface area contributed by atoms with E-state index < -0.39 is 19.9 Å². The van der Waals surface area contributed by atoms with Crippen LogP contribution in [-0.4, -0.2) is 53.6 Å². The van der Waals surface area contributed by atoms with Crippen LogP contribution in [0.3, 0.4) is 0 Å². The lowest BCUT2D eigenvalue weighted by Crippen LogP contribution is -2.46. The lowest BCUT2D eigenvalue weighted by Gasteiger charge is -2.26. The summed E-state index contributed by atoms with van der Waals surface area (Å²) in [6.45, 7) is 1.99. The van der Waals surface area contributed by atoms with Gasteiger partial charge in [-0.15, -0.1) is 0 Å². The molecule has 0 aliphatic carbocycles. The van der Waals surface area contributed by atoms with Crippen molar-refractivity contribution in [1.82, 2.24) is 9.62 Å². The van der Waals surface area contributed by atoms with Gasteiger partial charge in [-0.2, -0.15) is 4.31 Å². The van der Waals surface area contributed by atoms with Gasteiger partial charge in [0.2, 0.25) is 10.0 Å². The molecule has 2 rings (SSSR count). The topological polar surface area (TPSA) is 83.5 Å². The minimum Gasteiger partial charge on any atom is -0.314 e. The summed E-state index contributed by atoms with van der Waals surface area (Å²) >= 11 is 0. The molecule has 1 aliphatic heterocycles. The number of benzene rings is 1. The van der Waals surface area contributed by atoms with E-state index in [1.807, 2.05) is 0 Å². The summed E-state index contributed by atoms with van der Waals surface area (Å²) in [5.41, 5.74) is 0. The Morgan fingerprint density at radius 1 is 1.05 bits per heavy atom. The molecule has 1 heterocycles. The van der Waals surface area contributed by atoms with Crippen LogP contribution in [0.15, 0.2) is 34.1 Å². The Bertz CT molecular complexity index is 662. The Kier molecular flexibility index (Phi) is 3.95. The molecule has 1 fully saturated rings. The van der Waals surface area contributed by atoms with E-state index in [0.717, 1.165) is 6.26 Å². The summed E-state index contributed by atoms with van der Waals surface area (Å²) in [5, 5.41) is 3.07. The molecular formula is C11H16N2O4S2. The largest absolute Gasteiger partial charge is 0.314 e. The average molecular weight is 304 g/mol. The molecular weight excluding hydrogens is 288 g/mol. The van der Waals surface area contributed by atoms with Crippen molar-refractivity contribution in [2.75, 3.05) is 32.4 Å². The van der Waals surface area contributed by atoms with E-state index in [9.17, 15) is 16.8 Å². The van der Waals surface area contributed by atoms with Gasteiger partial charge >= 0.3 is 0 Å². The number of rotatable bonds is 3. The molecule has 106 valence electrons. The first-order valence-electron chi connectivity index (χ1n) is 5.83. The van der Waals surface area contributed by atoms with Crippen LogP contribution in [0.5, 0.6) is 0 Å². The molecule has 1 aromatic carbocycles. The lowest BCUT2D eigenvalue weighted by molar-refractivity contribution is 0.360. The molecule has 6 nitrogen and oxygen atoms in total. The summed E-state index contributed by atoms with van der Waals surface area (Å²) in [4.78, 5) is 0.0426. The normalized spacial score (nSPS) is 18.4. The molecule has 0 spiro atoms. The maximum Gasteiger partial charge on any atom is 0.243 e. The maximum absolute atomic E-state index is 12.4. The summed E-state index contributed by atoms with van der Waals surface area (Å²) in [6.07, 6.45) is 1.06.